The fourth-order valence-electron chi connectivity index (χ4n) is 2.53. The lowest BCUT2D eigenvalue weighted by Gasteiger charge is -2.23. The molecule has 2 unspecified atom stereocenters. The van der Waals surface area contributed by atoms with E-state index in [4.69, 9.17) is 10.3 Å². The van der Waals surface area contributed by atoms with Crippen LogP contribution >= 0.6 is 11.3 Å². The predicted molar refractivity (Wildman–Crippen MR) is 70.6 cm³/mol. The lowest BCUT2D eigenvalue weighted by Crippen LogP contribution is -2.26. The number of nitrogens with zero attached hydrogens (tertiary/aromatic N) is 2. The predicted octanol–water partition coefficient (Wildman–Crippen LogP) is 2.71. The molecule has 0 radical (unpaired) electrons. The number of hydrogen-bond acceptors (Lipinski definition) is 5. The van der Waals surface area contributed by atoms with Crippen LogP contribution in [-0.2, 0) is 6.42 Å². The number of nitrogens with two attached hydrogens (primary N) is 1. The molecular weight excluding hydrogens is 246 g/mol. The first-order chi connectivity index (χ1) is 8.81. The third-order valence-electron chi connectivity index (χ3n) is 3.46. The van der Waals surface area contributed by atoms with Gasteiger partial charge < -0.3 is 10.3 Å². The van der Waals surface area contributed by atoms with Crippen molar-refractivity contribution < 1.29 is 4.52 Å². The van der Waals surface area contributed by atoms with Crippen LogP contribution in [0.25, 0.3) is 0 Å². The molecule has 2 atom stereocenters. The van der Waals surface area contributed by atoms with E-state index >= 15 is 0 Å². The van der Waals surface area contributed by atoms with E-state index in [-0.39, 0.29) is 6.04 Å². The van der Waals surface area contributed by atoms with E-state index in [0.717, 1.165) is 43.8 Å². The normalized spacial score (nSPS) is 24.3. The Hall–Kier alpha value is -1.20. The minimum Gasteiger partial charge on any atom is -0.339 e. The van der Waals surface area contributed by atoms with E-state index < -0.39 is 0 Å². The SMILES string of the molecule is NC1CCCC(c2nc(Cc3cccs3)no2)C1. The van der Waals surface area contributed by atoms with Crippen LogP contribution in [0.5, 0.6) is 0 Å². The molecule has 1 aliphatic rings. The average Bonchev–Trinajstić information content (AvgIpc) is 3.01. The Balaban J connectivity index is 1.69. The van der Waals surface area contributed by atoms with Crippen LogP contribution in [0.3, 0.4) is 0 Å². The zero-order chi connectivity index (χ0) is 12.4. The molecule has 18 heavy (non-hydrogen) atoms. The first kappa shape index (κ1) is 11.9. The molecule has 0 bridgehead atoms. The second-order valence-electron chi connectivity index (χ2n) is 4.93. The Labute approximate surface area is 110 Å². The molecule has 0 amide bonds. The molecule has 4 nitrogen and oxygen atoms in total. The molecule has 2 heterocycles. The maximum absolute atomic E-state index is 5.99. The summed E-state index contributed by atoms with van der Waals surface area (Å²) in [6, 6.07) is 4.43. The highest BCUT2D eigenvalue weighted by molar-refractivity contribution is 7.09. The smallest absolute Gasteiger partial charge is 0.229 e. The van der Waals surface area contributed by atoms with Crippen molar-refractivity contribution in [2.75, 3.05) is 0 Å². The van der Waals surface area contributed by atoms with E-state index in [9.17, 15) is 0 Å². The summed E-state index contributed by atoms with van der Waals surface area (Å²) in [5, 5.41) is 6.14. The molecule has 0 saturated heterocycles. The molecule has 0 spiro atoms. The zero-order valence-electron chi connectivity index (χ0n) is 10.2. The molecule has 0 aliphatic heterocycles. The summed E-state index contributed by atoms with van der Waals surface area (Å²) in [7, 11) is 0. The van der Waals surface area contributed by atoms with Gasteiger partial charge in [0, 0.05) is 23.3 Å². The summed E-state index contributed by atoms with van der Waals surface area (Å²) in [5.74, 6) is 1.92. The Morgan fingerprint density at radius 3 is 3.17 bits per heavy atom. The minimum absolute atomic E-state index is 0.288. The second-order valence-corrected chi connectivity index (χ2v) is 5.96. The molecule has 2 aromatic heterocycles. The highest BCUT2D eigenvalue weighted by Gasteiger charge is 2.25. The van der Waals surface area contributed by atoms with Crippen molar-refractivity contribution in [3.8, 4) is 0 Å². The van der Waals surface area contributed by atoms with Gasteiger partial charge in [-0.25, -0.2) is 0 Å². The highest BCUT2D eigenvalue weighted by atomic mass is 32.1. The van der Waals surface area contributed by atoms with E-state index in [1.165, 1.54) is 4.88 Å². The van der Waals surface area contributed by atoms with Gasteiger partial charge in [-0.15, -0.1) is 11.3 Å². The Kier molecular flexibility index (Phi) is 3.43. The summed E-state index contributed by atoms with van der Waals surface area (Å²) >= 11 is 1.72. The number of rotatable bonds is 3. The molecule has 0 aromatic carbocycles. The van der Waals surface area contributed by atoms with Crippen LogP contribution in [0.2, 0.25) is 0 Å². The van der Waals surface area contributed by atoms with Crippen LogP contribution in [0, 0.1) is 0 Å². The molecule has 1 aliphatic carbocycles. The van der Waals surface area contributed by atoms with E-state index in [0.29, 0.717) is 5.92 Å². The van der Waals surface area contributed by atoms with Crippen LogP contribution in [-0.4, -0.2) is 16.2 Å². The number of aromatic nitrogens is 2. The quantitative estimate of drug-likeness (QED) is 0.924. The van der Waals surface area contributed by atoms with Gasteiger partial charge >= 0.3 is 0 Å². The Morgan fingerprint density at radius 2 is 2.39 bits per heavy atom. The van der Waals surface area contributed by atoms with Crippen LogP contribution in [0.4, 0.5) is 0 Å². The van der Waals surface area contributed by atoms with E-state index in [2.05, 4.69) is 21.6 Å². The monoisotopic (exact) mass is 263 g/mol. The van der Waals surface area contributed by atoms with Crippen molar-refractivity contribution >= 4 is 11.3 Å². The average molecular weight is 263 g/mol. The largest absolute Gasteiger partial charge is 0.339 e. The lowest BCUT2D eigenvalue weighted by molar-refractivity contribution is 0.297. The maximum atomic E-state index is 5.99. The molecule has 2 aromatic rings. The molecule has 1 fully saturated rings. The summed E-state index contributed by atoms with van der Waals surface area (Å²) in [5.41, 5.74) is 5.99. The van der Waals surface area contributed by atoms with E-state index in [1.807, 2.05) is 6.07 Å². The van der Waals surface area contributed by atoms with Crippen molar-refractivity contribution in [2.45, 2.75) is 44.1 Å². The van der Waals surface area contributed by atoms with Gasteiger partial charge in [-0.3, -0.25) is 0 Å². The summed E-state index contributed by atoms with van der Waals surface area (Å²) < 4.78 is 5.39. The second kappa shape index (κ2) is 5.20. The van der Waals surface area contributed by atoms with Gasteiger partial charge in [0.05, 0.1) is 0 Å². The third-order valence-corrected chi connectivity index (χ3v) is 4.34. The lowest BCUT2D eigenvalue weighted by atomic mass is 9.86. The number of hydrogen-bond donors (Lipinski definition) is 1. The highest BCUT2D eigenvalue weighted by Crippen LogP contribution is 2.31. The van der Waals surface area contributed by atoms with Gasteiger partial charge in [-0.2, -0.15) is 4.98 Å². The van der Waals surface area contributed by atoms with Crippen LogP contribution in [0.1, 0.15) is 48.2 Å². The van der Waals surface area contributed by atoms with Crippen molar-refractivity contribution in [1.82, 2.24) is 10.1 Å². The van der Waals surface area contributed by atoms with Gasteiger partial charge in [-0.05, 0) is 30.7 Å². The molecule has 5 heteroatoms. The molecule has 1 saturated carbocycles. The third kappa shape index (κ3) is 2.62. The van der Waals surface area contributed by atoms with Crippen molar-refractivity contribution in [3.63, 3.8) is 0 Å². The maximum Gasteiger partial charge on any atom is 0.229 e. The molecular formula is C13H17N3OS. The zero-order valence-corrected chi connectivity index (χ0v) is 11.0. The summed E-state index contributed by atoms with van der Waals surface area (Å²) in [4.78, 5) is 5.78. The minimum atomic E-state index is 0.288. The Morgan fingerprint density at radius 1 is 1.44 bits per heavy atom. The van der Waals surface area contributed by atoms with Crippen LogP contribution < -0.4 is 5.73 Å². The molecule has 2 N–H and O–H groups in total. The fourth-order valence-corrected chi connectivity index (χ4v) is 3.23. The standard InChI is InChI=1S/C13H17N3OS/c14-10-4-1-3-9(7-10)13-15-12(16-17-13)8-11-5-2-6-18-11/h2,5-6,9-10H,1,3-4,7-8,14H2. The first-order valence-corrected chi connectivity index (χ1v) is 7.29. The first-order valence-electron chi connectivity index (χ1n) is 6.41. The van der Waals surface area contributed by atoms with Gasteiger partial charge in [0.25, 0.3) is 0 Å². The molecule has 3 rings (SSSR count). The van der Waals surface area contributed by atoms with Crippen molar-refractivity contribution in [2.24, 2.45) is 5.73 Å². The van der Waals surface area contributed by atoms with Gasteiger partial charge in [0.1, 0.15) is 0 Å². The fraction of sp³-hybridized carbons (Fsp3) is 0.538. The Bertz CT molecular complexity index is 494. The van der Waals surface area contributed by atoms with Gasteiger partial charge in [0.15, 0.2) is 5.82 Å². The summed E-state index contributed by atoms with van der Waals surface area (Å²) in [6.45, 7) is 0. The van der Waals surface area contributed by atoms with E-state index in [1.54, 1.807) is 11.3 Å². The van der Waals surface area contributed by atoms with Gasteiger partial charge in [0.2, 0.25) is 5.89 Å². The topological polar surface area (TPSA) is 64.9 Å². The molecule has 96 valence electrons. The summed E-state index contributed by atoms with van der Waals surface area (Å²) in [6.07, 6.45) is 5.13. The van der Waals surface area contributed by atoms with Crippen molar-refractivity contribution in [1.29, 1.82) is 0 Å². The van der Waals surface area contributed by atoms with Crippen LogP contribution in [0.15, 0.2) is 22.0 Å². The number of thiophene rings is 1. The van der Waals surface area contributed by atoms with Gasteiger partial charge in [-0.1, -0.05) is 17.6 Å². The van der Waals surface area contributed by atoms with Crippen molar-refractivity contribution in [3.05, 3.63) is 34.1 Å².